The summed E-state index contributed by atoms with van der Waals surface area (Å²) in [5, 5.41) is 6.57. The second kappa shape index (κ2) is 7.67. The topological polar surface area (TPSA) is 84.3 Å². The van der Waals surface area contributed by atoms with Crippen LogP contribution in [0, 0.1) is 5.82 Å². The van der Waals surface area contributed by atoms with E-state index in [9.17, 15) is 18.8 Å². The molecule has 0 saturated carbocycles. The molecule has 2 aromatic carbocycles. The maximum atomic E-state index is 13.2. The van der Waals surface area contributed by atoms with E-state index in [4.69, 9.17) is 0 Å². The van der Waals surface area contributed by atoms with Crippen LogP contribution in [0.2, 0.25) is 0 Å². The third-order valence-corrected chi connectivity index (χ3v) is 4.62. The Kier molecular flexibility index (Phi) is 4.90. The minimum atomic E-state index is -0.554. The van der Waals surface area contributed by atoms with Gasteiger partial charge in [-0.3, -0.25) is 14.4 Å². The van der Waals surface area contributed by atoms with Crippen molar-refractivity contribution in [3.05, 3.63) is 88.1 Å². The van der Waals surface area contributed by atoms with Crippen LogP contribution in [0.25, 0.3) is 0 Å². The highest BCUT2D eigenvalue weighted by molar-refractivity contribution is 6.05. The lowest BCUT2D eigenvalue weighted by atomic mass is 10.2. The van der Waals surface area contributed by atoms with Gasteiger partial charge in [0.05, 0.1) is 0 Å². The van der Waals surface area contributed by atoms with Crippen molar-refractivity contribution in [2.75, 3.05) is 16.8 Å². The van der Waals surface area contributed by atoms with Gasteiger partial charge in [-0.1, -0.05) is 24.3 Å². The summed E-state index contributed by atoms with van der Waals surface area (Å²) in [6.45, 7) is 0.131. The van der Waals surface area contributed by atoms with Gasteiger partial charge in [0.15, 0.2) is 0 Å². The van der Waals surface area contributed by atoms with Crippen LogP contribution < -0.4 is 15.8 Å². The predicted molar refractivity (Wildman–Crippen MR) is 105 cm³/mol. The molecule has 0 atom stereocenters. The smallest absolute Gasteiger partial charge is 0.278 e. The monoisotopic (exact) mass is 392 g/mol. The highest BCUT2D eigenvalue weighted by Crippen LogP contribution is 2.28. The van der Waals surface area contributed by atoms with Crippen molar-refractivity contribution < 1.29 is 14.0 Å². The molecule has 29 heavy (non-hydrogen) atoms. The second-order valence-electron chi connectivity index (χ2n) is 6.61. The molecule has 0 fully saturated rings. The quantitative estimate of drug-likeness (QED) is 0.738. The number of anilines is 2. The first-order chi connectivity index (χ1) is 14.0. The van der Waals surface area contributed by atoms with Gasteiger partial charge >= 0.3 is 0 Å². The molecule has 2 heterocycles. The lowest BCUT2D eigenvalue weighted by Crippen LogP contribution is -2.34. The summed E-state index contributed by atoms with van der Waals surface area (Å²) < 4.78 is 14.2. The Morgan fingerprint density at radius 1 is 1.07 bits per heavy atom. The average Bonchev–Trinajstić information content (AvgIpc) is 3.13. The molecular formula is C21H17FN4O3. The van der Waals surface area contributed by atoms with Crippen molar-refractivity contribution >= 4 is 23.2 Å². The van der Waals surface area contributed by atoms with Crippen molar-refractivity contribution in [1.82, 2.24) is 9.78 Å². The number of nitrogens with one attached hydrogen (secondary N) is 1. The van der Waals surface area contributed by atoms with Crippen molar-refractivity contribution in [2.24, 2.45) is 0 Å². The summed E-state index contributed by atoms with van der Waals surface area (Å²) in [5.41, 5.74) is 1.71. The van der Waals surface area contributed by atoms with E-state index < -0.39 is 23.8 Å². The molecule has 8 heteroatoms. The fraction of sp³-hybridized carbons (Fsp3) is 0.143. The fourth-order valence-corrected chi connectivity index (χ4v) is 3.27. The highest BCUT2D eigenvalue weighted by Gasteiger charge is 2.26. The molecule has 0 saturated heterocycles. The summed E-state index contributed by atoms with van der Waals surface area (Å²) in [5.74, 6) is -1.38. The van der Waals surface area contributed by atoms with Gasteiger partial charge in [0.1, 0.15) is 18.1 Å². The first-order valence-corrected chi connectivity index (χ1v) is 9.04. The maximum absolute atomic E-state index is 13.2. The number of benzene rings is 2. The summed E-state index contributed by atoms with van der Waals surface area (Å²) >= 11 is 0. The lowest BCUT2D eigenvalue weighted by Gasteiger charge is -2.17. The fourth-order valence-electron chi connectivity index (χ4n) is 3.27. The Bertz CT molecular complexity index is 1160. The van der Waals surface area contributed by atoms with E-state index in [1.807, 2.05) is 24.3 Å². The van der Waals surface area contributed by atoms with Crippen LogP contribution in [-0.2, 0) is 17.8 Å². The van der Waals surface area contributed by atoms with Crippen LogP contribution in [0.3, 0.4) is 0 Å². The van der Waals surface area contributed by atoms with Crippen LogP contribution >= 0.6 is 0 Å². The summed E-state index contributed by atoms with van der Waals surface area (Å²) in [6.07, 6.45) is 0.748. The number of amides is 2. The minimum Gasteiger partial charge on any atom is -0.324 e. The molecule has 0 aliphatic carbocycles. The van der Waals surface area contributed by atoms with Crippen LogP contribution in [0.1, 0.15) is 16.1 Å². The molecule has 0 spiro atoms. The Morgan fingerprint density at radius 2 is 1.90 bits per heavy atom. The van der Waals surface area contributed by atoms with Crippen LogP contribution in [0.4, 0.5) is 15.8 Å². The van der Waals surface area contributed by atoms with Crippen LogP contribution in [0.5, 0.6) is 0 Å². The van der Waals surface area contributed by atoms with Crippen molar-refractivity contribution in [3.63, 3.8) is 0 Å². The van der Waals surface area contributed by atoms with E-state index in [2.05, 4.69) is 10.4 Å². The Morgan fingerprint density at radius 3 is 2.72 bits per heavy atom. The molecule has 0 radical (unpaired) electrons. The summed E-state index contributed by atoms with van der Waals surface area (Å²) in [6, 6.07) is 15.6. The normalized spacial score (nSPS) is 12.5. The molecule has 1 aromatic heterocycles. The first kappa shape index (κ1) is 18.5. The standard InChI is InChI=1S/C21H17FN4O3/c22-15-5-3-6-16(12-15)23-19(27)13-26-20(28)9-8-17(24-26)21(29)25-11-10-14-4-1-2-7-18(14)25/h1-9,12H,10-11,13H2,(H,23,27). The summed E-state index contributed by atoms with van der Waals surface area (Å²) in [4.78, 5) is 38.8. The molecular weight excluding hydrogens is 375 g/mol. The van der Waals surface area contributed by atoms with E-state index in [1.54, 1.807) is 4.90 Å². The zero-order chi connectivity index (χ0) is 20.4. The molecule has 7 nitrogen and oxygen atoms in total. The highest BCUT2D eigenvalue weighted by atomic mass is 19.1. The van der Waals surface area contributed by atoms with Crippen molar-refractivity contribution in [1.29, 1.82) is 0 Å². The van der Waals surface area contributed by atoms with Crippen molar-refractivity contribution in [3.8, 4) is 0 Å². The molecule has 146 valence electrons. The molecule has 4 rings (SSSR count). The van der Waals surface area contributed by atoms with Gasteiger partial charge in [-0.25, -0.2) is 9.07 Å². The maximum Gasteiger partial charge on any atom is 0.278 e. The van der Waals surface area contributed by atoms with Gasteiger partial charge in [0.25, 0.3) is 11.5 Å². The molecule has 0 bridgehead atoms. The molecule has 3 aromatic rings. The Hall–Kier alpha value is -3.81. The number of carbonyl (C=O) groups is 2. The number of para-hydroxylation sites is 1. The molecule has 0 unspecified atom stereocenters. The first-order valence-electron chi connectivity index (χ1n) is 9.04. The van der Waals surface area contributed by atoms with Gasteiger partial charge in [-0.15, -0.1) is 0 Å². The number of carbonyl (C=O) groups excluding carboxylic acids is 2. The van der Waals surface area contributed by atoms with Gasteiger partial charge in [-0.2, -0.15) is 5.10 Å². The van der Waals surface area contributed by atoms with Crippen molar-refractivity contribution in [2.45, 2.75) is 13.0 Å². The van der Waals surface area contributed by atoms with E-state index in [-0.39, 0.29) is 17.3 Å². The molecule has 1 aliphatic rings. The van der Waals surface area contributed by atoms with Crippen LogP contribution in [0.15, 0.2) is 65.5 Å². The zero-order valence-corrected chi connectivity index (χ0v) is 15.3. The molecule has 2 amide bonds. The van der Waals surface area contributed by atoms with E-state index in [0.717, 1.165) is 22.4 Å². The van der Waals surface area contributed by atoms with Gasteiger partial charge in [0.2, 0.25) is 5.91 Å². The third kappa shape index (κ3) is 3.91. The second-order valence-corrected chi connectivity index (χ2v) is 6.61. The number of fused-ring (bicyclic) bond motifs is 1. The number of aromatic nitrogens is 2. The number of nitrogens with zero attached hydrogens (tertiary/aromatic N) is 3. The zero-order valence-electron chi connectivity index (χ0n) is 15.3. The molecule has 1 N–H and O–H groups in total. The van der Waals surface area contributed by atoms with Crippen LogP contribution in [-0.4, -0.2) is 28.1 Å². The van der Waals surface area contributed by atoms with E-state index in [1.165, 1.54) is 36.4 Å². The van der Waals surface area contributed by atoms with E-state index >= 15 is 0 Å². The van der Waals surface area contributed by atoms with Gasteiger partial charge in [0, 0.05) is 24.0 Å². The SMILES string of the molecule is O=C(Cn1nc(C(=O)N2CCc3ccccc32)ccc1=O)Nc1cccc(F)c1. The molecule has 1 aliphatic heterocycles. The third-order valence-electron chi connectivity index (χ3n) is 4.62. The number of halogens is 1. The lowest BCUT2D eigenvalue weighted by molar-refractivity contribution is -0.117. The van der Waals surface area contributed by atoms with E-state index in [0.29, 0.717) is 6.54 Å². The number of hydrogen-bond donors (Lipinski definition) is 1. The minimum absolute atomic E-state index is 0.0693. The predicted octanol–water partition coefficient (Wildman–Crippen LogP) is 2.22. The number of rotatable bonds is 4. The van der Waals surface area contributed by atoms with Gasteiger partial charge in [-0.05, 0) is 42.3 Å². The largest absolute Gasteiger partial charge is 0.324 e. The average molecular weight is 392 g/mol. The summed E-state index contributed by atoms with van der Waals surface area (Å²) in [7, 11) is 0. The van der Waals surface area contributed by atoms with Gasteiger partial charge < -0.3 is 10.2 Å². The number of hydrogen-bond acceptors (Lipinski definition) is 4. The Labute approximate surface area is 165 Å². The Balaban J connectivity index is 1.53.